The molecule has 0 radical (unpaired) electrons. The molecule has 2 aromatic rings. The van der Waals surface area contributed by atoms with Gasteiger partial charge in [-0.1, -0.05) is 6.07 Å². The second kappa shape index (κ2) is 5.58. The number of aliphatic hydroxyl groups excluding tert-OH is 1. The summed E-state index contributed by atoms with van der Waals surface area (Å²) in [5, 5.41) is 13.0. The van der Waals surface area contributed by atoms with Gasteiger partial charge in [-0.15, -0.1) is 11.3 Å². The summed E-state index contributed by atoms with van der Waals surface area (Å²) < 4.78 is 5.24. The standard InChI is InChI=1S/C17H20O2S/c1-11-10-12(19-2)6-7-13(11)17(18)15-4-3-5-16-14(15)8-9-20-16/h6-10,15,17-18H,3-5H2,1-2H3. The summed E-state index contributed by atoms with van der Waals surface area (Å²) in [5.74, 6) is 1.08. The largest absolute Gasteiger partial charge is 0.497 e. The lowest BCUT2D eigenvalue weighted by Crippen LogP contribution is -2.16. The van der Waals surface area contributed by atoms with Gasteiger partial charge in [0.2, 0.25) is 0 Å². The van der Waals surface area contributed by atoms with Crippen LogP contribution in [0.2, 0.25) is 0 Å². The van der Waals surface area contributed by atoms with Crippen LogP contribution in [-0.2, 0) is 6.42 Å². The van der Waals surface area contributed by atoms with Crippen LogP contribution in [-0.4, -0.2) is 12.2 Å². The topological polar surface area (TPSA) is 29.5 Å². The van der Waals surface area contributed by atoms with Gasteiger partial charge in [-0.05, 0) is 66.5 Å². The fourth-order valence-electron chi connectivity index (χ4n) is 3.17. The van der Waals surface area contributed by atoms with E-state index in [1.54, 1.807) is 7.11 Å². The molecule has 1 aliphatic carbocycles. The van der Waals surface area contributed by atoms with Crippen LogP contribution in [0.4, 0.5) is 0 Å². The van der Waals surface area contributed by atoms with Gasteiger partial charge in [0.05, 0.1) is 13.2 Å². The molecule has 3 rings (SSSR count). The van der Waals surface area contributed by atoms with Crippen molar-refractivity contribution in [2.45, 2.75) is 38.2 Å². The molecule has 0 fully saturated rings. The minimum atomic E-state index is -0.422. The number of thiophene rings is 1. The van der Waals surface area contributed by atoms with E-state index >= 15 is 0 Å². The number of methoxy groups -OCH3 is 1. The van der Waals surface area contributed by atoms with E-state index in [-0.39, 0.29) is 5.92 Å². The van der Waals surface area contributed by atoms with Crippen LogP contribution in [0.15, 0.2) is 29.6 Å². The Kier molecular flexibility index (Phi) is 3.81. The predicted molar refractivity (Wildman–Crippen MR) is 82.7 cm³/mol. The molecular weight excluding hydrogens is 268 g/mol. The van der Waals surface area contributed by atoms with E-state index in [1.165, 1.54) is 16.9 Å². The van der Waals surface area contributed by atoms with Crippen molar-refractivity contribution in [2.24, 2.45) is 0 Å². The Morgan fingerprint density at radius 3 is 2.95 bits per heavy atom. The lowest BCUT2D eigenvalue weighted by molar-refractivity contribution is 0.135. The monoisotopic (exact) mass is 288 g/mol. The van der Waals surface area contributed by atoms with Crippen molar-refractivity contribution in [2.75, 3.05) is 7.11 Å². The lowest BCUT2D eigenvalue weighted by Gasteiger charge is -2.28. The number of hydrogen-bond acceptors (Lipinski definition) is 3. The average Bonchev–Trinajstić information content (AvgIpc) is 2.94. The van der Waals surface area contributed by atoms with Crippen molar-refractivity contribution in [3.8, 4) is 5.75 Å². The highest BCUT2D eigenvalue weighted by Gasteiger charge is 2.29. The van der Waals surface area contributed by atoms with Crippen LogP contribution in [0.25, 0.3) is 0 Å². The summed E-state index contributed by atoms with van der Waals surface area (Å²) in [6.45, 7) is 2.04. The fourth-order valence-corrected chi connectivity index (χ4v) is 4.17. The summed E-state index contributed by atoms with van der Waals surface area (Å²) in [6, 6.07) is 8.12. The van der Waals surface area contributed by atoms with Crippen molar-refractivity contribution in [3.05, 3.63) is 51.2 Å². The SMILES string of the molecule is COc1ccc(C(O)C2CCCc3sccc32)c(C)c1. The second-order valence-corrected chi connectivity index (χ2v) is 6.47. The Hall–Kier alpha value is -1.32. The summed E-state index contributed by atoms with van der Waals surface area (Å²) in [4.78, 5) is 1.45. The van der Waals surface area contributed by atoms with Crippen LogP contribution < -0.4 is 4.74 Å². The third kappa shape index (κ3) is 2.36. The molecule has 0 amide bonds. The van der Waals surface area contributed by atoms with Gasteiger partial charge in [0.25, 0.3) is 0 Å². The predicted octanol–water partition coefficient (Wildman–Crippen LogP) is 4.22. The summed E-state index contributed by atoms with van der Waals surface area (Å²) >= 11 is 1.82. The molecule has 106 valence electrons. The van der Waals surface area contributed by atoms with E-state index < -0.39 is 6.10 Å². The highest BCUT2D eigenvalue weighted by Crippen LogP contribution is 2.43. The van der Waals surface area contributed by atoms with Gasteiger partial charge in [0.1, 0.15) is 5.75 Å². The molecule has 1 aliphatic rings. The van der Waals surface area contributed by atoms with E-state index in [4.69, 9.17) is 4.74 Å². The molecule has 1 N–H and O–H groups in total. The Labute approximate surface area is 124 Å². The van der Waals surface area contributed by atoms with Gasteiger partial charge in [-0.25, -0.2) is 0 Å². The number of rotatable bonds is 3. The molecule has 1 aromatic heterocycles. The molecule has 20 heavy (non-hydrogen) atoms. The van der Waals surface area contributed by atoms with Crippen molar-refractivity contribution in [1.29, 1.82) is 0 Å². The first-order valence-electron chi connectivity index (χ1n) is 7.09. The first-order valence-corrected chi connectivity index (χ1v) is 7.97. The number of benzene rings is 1. The number of aryl methyl sites for hydroxylation is 2. The Balaban J connectivity index is 1.92. The second-order valence-electron chi connectivity index (χ2n) is 5.47. The smallest absolute Gasteiger partial charge is 0.119 e. The molecule has 1 heterocycles. The molecule has 0 aliphatic heterocycles. The van der Waals surface area contributed by atoms with Crippen molar-refractivity contribution in [1.82, 2.24) is 0 Å². The Morgan fingerprint density at radius 1 is 1.35 bits per heavy atom. The number of hydrogen-bond donors (Lipinski definition) is 1. The number of aliphatic hydroxyl groups is 1. The third-order valence-corrected chi connectivity index (χ3v) is 5.27. The van der Waals surface area contributed by atoms with Gasteiger partial charge in [-0.2, -0.15) is 0 Å². The molecule has 2 nitrogen and oxygen atoms in total. The zero-order valence-electron chi connectivity index (χ0n) is 11.9. The van der Waals surface area contributed by atoms with Gasteiger partial charge in [0, 0.05) is 10.8 Å². The zero-order chi connectivity index (χ0) is 14.1. The lowest BCUT2D eigenvalue weighted by atomic mass is 9.80. The number of fused-ring (bicyclic) bond motifs is 1. The molecule has 1 aromatic carbocycles. The van der Waals surface area contributed by atoms with Crippen LogP contribution >= 0.6 is 11.3 Å². The minimum Gasteiger partial charge on any atom is -0.497 e. The zero-order valence-corrected chi connectivity index (χ0v) is 12.7. The summed E-state index contributed by atoms with van der Waals surface area (Å²) in [7, 11) is 1.67. The van der Waals surface area contributed by atoms with Crippen LogP contribution in [0, 0.1) is 6.92 Å². The van der Waals surface area contributed by atoms with Crippen molar-refractivity contribution < 1.29 is 9.84 Å². The quantitative estimate of drug-likeness (QED) is 0.916. The van der Waals surface area contributed by atoms with E-state index in [0.717, 1.165) is 29.7 Å². The van der Waals surface area contributed by atoms with E-state index in [0.29, 0.717) is 0 Å². The summed E-state index contributed by atoms with van der Waals surface area (Å²) in [6.07, 6.45) is 2.98. The Morgan fingerprint density at radius 2 is 2.20 bits per heavy atom. The van der Waals surface area contributed by atoms with Crippen molar-refractivity contribution >= 4 is 11.3 Å². The summed E-state index contributed by atoms with van der Waals surface area (Å²) in [5.41, 5.74) is 3.47. The molecular formula is C17H20O2S. The van der Waals surface area contributed by atoms with Crippen LogP contribution in [0.5, 0.6) is 5.75 Å². The normalized spacial score (nSPS) is 19.4. The van der Waals surface area contributed by atoms with Crippen LogP contribution in [0.3, 0.4) is 0 Å². The highest BCUT2D eigenvalue weighted by atomic mass is 32.1. The molecule has 0 saturated carbocycles. The molecule has 0 spiro atoms. The highest BCUT2D eigenvalue weighted by molar-refractivity contribution is 7.10. The number of ether oxygens (including phenoxy) is 1. The molecule has 0 saturated heterocycles. The fraction of sp³-hybridized carbons (Fsp3) is 0.412. The molecule has 2 unspecified atom stereocenters. The van der Waals surface area contributed by atoms with Gasteiger partial charge in [0.15, 0.2) is 0 Å². The van der Waals surface area contributed by atoms with Crippen LogP contribution in [0.1, 0.15) is 46.4 Å². The maximum absolute atomic E-state index is 10.8. The van der Waals surface area contributed by atoms with E-state index in [1.807, 2.05) is 36.5 Å². The van der Waals surface area contributed by atoms with Gasteiger partial charge >= 0.3 is 0 Å². The molecule has 0 bridgehead atoms. The maximum atomic E-state index is 10.8. The van der Waals surface area contributed by atoms with E-state index in [9.17, 15) is 5.11 Å². The first-order chi connectivity index (χ1) is 9.70. The molecule has 2 atom stereocenters. The van der Waals surface area contributed by atoms with Crippen molar-refractivity contribution in [3.63, 3.8) is 0 Å². The van der Waals surface area contributed by atoms with Gasteiger partial charge in [-0.3, -0.25) is 0 Å². The minimum absolute atomic E-state index is 0.233. The average molecular weight is 288 g/mol. The molecule has 3 heteroatoms. The van der Waals surface area contributed by atoms with Gasteiger partial charge < -0.3 is 9.84 Å². The maximum Gasteiger partial charge on any atom is 0.119 e. The first kappa shape index (κ1) is 13.7. The third-order valence-electron chi connectivity index (χ3n) is 4.28. The van der Waals surface area contributed by atoms with E-state index in [2.05, 4.69) is 11.4 Å². The Bertz CT molecular complexity index is 603.